The number of nitrogens with zero attached hydrogens (tertiary/aromatic N) is 1. The van der Waals surface area contributed by atoms with Crippen LogP contribution < -0.4 is 10.5 Å². The van der Waals surface area contributed by atoms with E-state index in [1.807, 2.05) is 67.6 Å². The lowest BCUT2D eigenvalue weighted by Crippen LogP contribution is -2.03. The summed E-state index contributed by atoms with van der Waals surface area (Å²) in [7, 11) is 1.64. The number of H-pyrrole nitrogens is 1. The van der Waals surface area contributed by atoms with E-state index in [0.29, 0.717) is 17.0 Å². The van der Waals surface area contributed by atoms with E-state index < -0.39 is 0 Å². The van der Waals surface area contributed by atoms with Crippen LogP contribution in [0.3, 0.4) is 0 Å². The maximum atomic E-state index is 10.7. The van der Waals surface area contributed by atoms with Crippen molar-refractivity contribution in [1.82, 2.24) is 4.98 Å². The second kappa shape index (κ2) is 7.12. The maximum Gasteiger partial charge on any atom is 0.199 e. The molecule has 0 spiro atoms. The van der Waals surface area contributed by atoms with Gasteiger partial charge in [0.15, 0.2) is 5.88 Å². The SMILES string of the molecule is COc1cc(N=C(c2ccccc2)c2c(O)[nH]c3ccc(N)cc23)ccc1C. The Balaban J connectivity index is 1.99. The van der Waals surface area contributed by atoms with Crippen molar-refractivity contribution in [2.75, 3.05) is 12.8 Å². The molecule has 0 saturated heterocycles. The number of aromatic hydroxyl groups is 1. The fourth-order valence-corrected chi connectivity index (χ4v) is 3.30. The van der Waals surface area contributed by atoms with Gasteiger partial charge in [0.05, 0.1) is 24.1 Å². The molecule has 5 heteroatoms. The van der Waals surface area contributed by atoms with Crippen LogP contribution in [0.2, 0.25) is 0 Å². The number of rotatable bonds is 4. The Morgan fingerprint density at radius 2 is 1.82 bits per heavy atom. The zero-order valence-electron chi connectivity index (χ0n) is 15.7. The highest BCUT2D eigenvalue weighted by Crippen LogP contribution is 2.33. The van der Waals surface area contributed by atoms with E-state index in [1.165, 1.54) is 0 Å². The largest absolute Gasteiger partial charge is 0.496 e. The lowest BCUT2D eigenvalue weighted by atomic mass is 10.0. The third kappa shape index (κ3) is 3.18. The Morgan fingerprint density at radius 1 is 1.04 bits per heavy atom. The summed E-state index contributed by atoms with van der Waals surface area (Å²) in [4.78, 5) is 7.89. The van der Waals surface area contributed by atoms with Gasteiger partial charge in [-0.05, 0) is 36.8 Å². The van der Waals surface area contributed by atoms with Crippen molar-refractivity contribution < 1.29 is 9.84 Å². The molecule has 5 nitrogen and oxygen atoms in total. The molecule has 0 saturated carbocycles. The third-order valence-corrected chi connectivity index (χ3v) is 4.72. The van der Waals surface area contributed by atoms with Gasteiger partial charge in [-0.25, -0.2) is 4.99 Å². The van der Waals surface area contributed by atoms with Crippen LogP contribution >= 0.6 is 0 Å². The zero-order chi connectivity index (χ0) is 19.7. The van der Waals surface area contributed by atoms with Gasteiger partial charge in [-0.1, -0.05) is 36.4 Å². The monoisotopic (exact) mass is 371 g/mol. The van der Waals surface area contributed by atoms with Gasteiger partial charge in [0.25, 0.3) is 0 Å². The van der Waals surface area contributed by atoms with E-state index in [2.05, 4.69) is 4.98 Å². The first-order chi connectivity index (χ1) is 13.6. The van der Waals surface area contributed by atoms with Crippen molar-refractivity contribution in [3.05, 3.63) is 83.4 Å². The summed E-state index contributed by atoms with van der Waals surface area (Å²) in [6, 6.07) is 21.0. The highest BCUT2D eigenvalue weighted by Gasteiger charge is 2.19. The van der Waals surface area contributed by atoms with Crippen molar-refractivity contribution in [2.24, 2.45) is 4.99 Å². The van der Waals surface area contributed by atoms with Crippen LogP contribution in [0.15, 0.2) is 71.7 Å². The summed E-state index contributed by atoms with van der Waals surface area (Å²) in [5.41, 5.74) is 11.3. The van der Waals surface area contributed by atoms with E-state index >= 15 is 0 Å². The summed E-state index contributed by atoms with van der Waals surface area (Å²) in [6.45, 7) is 1.98. The van der Waals surface area contributed by atoms with Crippen molar-refractivity contribution in [3.63, 3.8) is 0 Å². The summed E-state index contributed by atoms with van der Waals surface area (Å²) < 4.78 is 5.43. The summed E-state index contributed by atoms with van der Waals surface area (Å²) in [5.74, 6) is 0.823. The molecule has 4 aromatic rings. The number of methoxy groups -OCH3 is 1. The molecular weight excluding hydrogens is 350 g/mol. The van der Waals surface area contributed by atoms with E-state index in [9.17, 15) is 5.11 Å². The van der Waals surface area contributed by atoms with Crippen LogP contribution in [-0.2, 0) is 0 Å². The number of anilines is 1. The number of fused-ring (bicyclic) bond motifs is 1. The number of aromatic nitrogens is 1. The number of nitrogens with one attached hydrogen (secondary N) is 1. The number of benzene rings is 3. The number of hydrogen-bond acceptors (Lipinski definition) is 4. The van der Waals surface area contributed by atoms with Crippen molar-refractivity contribution >= 4 is 28.0 Å². The van der Waals surface area contributed by atoms with Gasteiger partial charge in [-0.3, -0.25) is 0 Å². The van der Waals surface area contributed by atoms with Crippen molar-refractivity contribution in [1.29, 1.82) is 0 Å². The molecule has 0 unspecified atom stereocenters. The predicted molar refractivity (Wildman–Crippen MR) is 114 cm³/mol. The van der Waals surface area contributed by atoms with Gasteiger partial charge in [-0.15, -0.1) is 0 Å². The van der Waals surface area contributed by atoms with E-state index in [4.69, 9.17) is 15.5 Å². The maximum absolute atomic E-state index is 10.7. The topological polar surface area (TPSA) is 83.6 Å². The average Bonchev–Trinajstić information content (AvgIpc) is 3.03. The summed E-state index contributed by atoms with van der Waals surface area (Å²) >= 11 is 0. The van der Waals surface area contributed by atoms with Crippen LogP contribution in [0.5, 0.6) is 11.6 Å². The molecule has 0 fully saturated rings. The van der Waals surface area contributed by atoms with Gasteiger partial charge >= 0.3 is 0 Å². The minimum absolute atomic E-state index is 0.0577. The molecule has 140 valence electrons. The van der Waals surface area contributed by atoms with Crippen molar-refractivity contribution in [2.45, 2.75) is 6.92 Å². The van der Waals surface area contributed by atoms with Crippen LogP contribution in [-0.4, -0.2) is 22.9 Å². The molecule has 0 bridgehead atoms. The Kier molecular flexibility index (Phi) is 4.49. The first kappa shape index (κ1) is 17.7. The predicted octanol–water partition coefficient (Wildman–Crippen LogP) is 4.94. The zero-order valence-corrected chi connectivity index (χ0v) is 15.7. The van der Waals surface area contributed by atoms with Crippen LogP contribution in [0.4, 0.5) is 11.4 Å². The van der Waals surface area contributed by atoms with Crippen molar-refractivity contribution in [3.8, 4) is 11.6 Å². The van der Waals surface area contributed by atoms with E-state index in [1.54, 1.807) is 13.2 Å². The lowest BCUT2D eigenvalue weighted by Gasteiger charge is -2.10. The highest BCUT2D eigenvalue weighted by atomic mass is 16.5. The van der Waals surface area contributed by atoms with Gasteiger partial charge in [0.2, 0.25) is 0 Å². The van der Waals surface area contributed by atoms with Gasteiger partial charge < -0.3 is 20.6 Å². The fraction of sp³-hybridized carbons (Fsp3) is 0.0870. The molecule has 0 atom stereocenters. The van der Waals surface area contributed by atoms with Crippen LogP contribution in [0, 0.1) is 6.92 Å². The Hall–Kier alpha value is -3.73. The second-order valence-electron chi connectivity index (χ2n) is 6.63. The average molecular weight is 371 g/mol. The number of aromatic amines is 1. The van der Waals surface area contributed by atoms with E-state index in [0.717, 1.165) is 33.5 Å². The summed E-state index contributed by atoms with van der Waals surface area (Å²) in [6.07, 6.45) is 0. The Morgan fingerprint density at radius 3 is 2.57 bits per heavy atom. The summed E-state index contributed by atoms with van der Waals surface area (Å²) in [5, 5.41) is 11.5. The minimum atomic E-state index is 0.0577. The molecule has 4 N–H and O–H groups in total. The number of hydrogen-bond donors (Lipinski definition) is 3. The minimum Gasteiger partial charge on any atom is -0.496 e. The third-order valence-electron chi connectivity index (χ3n) is 4.72. The molecular formula is C23H21N3O2. The Bertz CT molecular complexity index is 1180. The number of nitrogens with two attached hydrogens (primary N) is 1. The lowest BCUT2D eigenvalue weighted by molar-refractivity contribution is 0.412. The molecule has 0 aliphatic rings. The molecule has 1 aromatic heterocycles. The highest BCUT2D eigenvalue weighted by molar-refractivity contribution is 6.22. The molecule has 4 rings (SSSR count). The van der Waals surface area contributed by atoms with Gasteiger partial charge in [0, 0.05) is 28.2 Å². The molecule has 0 radical (unpaired) electrons. The molecule has 0 aliphatic heterocycles. The molecule has 0 aliphatic carbocycles. The molecule has 0 amide bonds. The normalized spacial score (nSPS) is 11.7. The number of aryl methyl sites for hydroxylation is 1. The fourth-order valence-electron chi connectivity index (χ4n) is 3.30. The first-order valence-electron chi connectivity index (χ1n) is 8.96. The van der Waals surface area contributed by atoms with Gasteiger partial charge in [0.1, 0.15) is 5.75 Å². The molecule has 28 heavy (non-hydrogen) atoms. The Labute approximate surface area is 163 Å². The van der Waals surface area contributed by atoms with Crippen LogP contribution in [0.1, 0.15) is 16.7 Å². The van der Waals surface area contributed by atoms with E-state index in [-0.39, 0.29) is 5.88 Å². The number of ether oxygens (including phenoxy) is 1. The quantitative estimate of drug-likeness (QED) is 0.351. The second-order valence-corrected chi connectivity index (χ2v) is 6.63. The standard InChI is InChI=1S/C23H21N3O2/c1-14-8-10-17(13-20(14)28-2)25-22(15-6-4-3-5-7-15)21-18-12-16(24)9-11-19(18)26-23(21)27/h3-13,26-27H,24H2,1-2H3. The first-order valence-corrected chi connectivity index (χ1v) is 8.96. The van der Waals surface area contributed by atoms with Crippen LogP contribution in [0.25, 0.3) is 10.9 Å². The van der Waals surface area contributed by atoms with Gasteiger partial charge in [-0.2, -0.15) is 0 Å². The smallest absolute Gasteiger partial charge is 0.199 e. The number of aliphatic imine (C=N–C) groups is 1. The molecule has 3 aromatic carbocycles. The number of nitrogen functional groups attached to an aromatic ring is 1. The molecule has 1 heterocycles.